The van der Waals surface area contributed by atoms with Gasteiger partial charge in [-0.2, -0.15) is 0 Å². The van der Waals surface area contributed by atoms with Crippen LogP contribution < -0.4 is 4.74 Å². The lowest BCUT2D eigenvalue weighted by atomic mass is 10.1. The Morgan fingerprint density at radius 1 is 1.18 bits per heavy atom. The zero-order valence-electron chi connectivity index (χ0n) is 11.7. The van der Waals surface area contributed by atoms with E-state index in [1.807, 2.05) is 48.5 Å². The smallest absolute Gasteiger partial charge is 0.128 e. The third-order valence-electron chi connectivity index (χ3n) is 3.31. The van der Waals surface area contributed by atoms with Crippen LogP contribution in [0.15, 0.2) is 65.5 Å². The molecule has 0 aliphatic carbocycles. The monoisotopic (exact) mass is 358 g/mol. The van der Waals surface area contributed by atoms with Crippen molar-refractivity contribution in [1.82, 2.24) is 9.97 Å². The Morgan fingerprint density at radius 3 is 2.82 bits per heavy atom. The number of aromatic amines is 1. The molecule has 112 valence electrons. The van der Waals surface area contributed by atoms with E-state index in [0.29, 0.717) is 5.75 Å². The minimum absolute atomic E-state index is 0.182. The number of aliphatic hydroxyl groups is 1. The van der Waals surface area contributed by atoms with Gasteiger partial charge in [0.05, 0.1) is 18.2 Å². The lowest BCUT2D eigenvalue weighted by molar-refractivity contribution is 0.108. The molecule has 0 spiro atoms. The minimum atomic E-state index is -0.688. The van der Waals surface area contributed by atoms with Crippen LogP contribution in [-0.2, 0) is 0 Å². The van der Waals surface area contributed by atoms with E-state index in [1.54, 1.807) is 12.5 Å². The van der Waals surface area contributed by atoms with Crippen molar-refractivity contribution in [3.8, 4) is 17.0 Å². The van der Waals surface area contributed by atoms with Crippen molar-refractivity contribution in [2.24, 2.45) is 0 Å². The molecular formula is C17H15BrN2O2. The SMILES string of the molecule is OC(COc1ccccc1-c1cnc[nH]1)c1cccc(Br)c1. The molecular weight excluding hydrogens is 344 g/mol. The van der Waals surface area contributed by atoms with Gasteiger partial charge in [0.15, 0.2) is 0 Å². The molecule has 0 aliphatic heterocycles. The summed E-state index contributed by atoms with van der Waals surface area (Å²) in [4.78, 5) is 7.09. The van der Waals surface area contributed by atoms with Crippen molar-refractivity contribution in [2.75, 3.05) is 6.61 Å². The molecule has 2 N–H and O–H groups in total. The van der Waals surface area contributed by atoms with Crippen molar-refractivity contribution in [3.05, 3.63) is 71.1 Å². The normalized spacial score (nSPS) is 12.1. The van der Waals surface area contributed by atoms with Gasteiger partial charge in [0, 0.05) is 10.0 Å². The Balaban J connectivity index is 1.74. The van der Waals surface area contributed by atoms with Crippen LogP contribution in [0.5, 0.6) is 5.75 Å². The highest BCUT2D eigenvalue weighted by molar-refractivity contribution is 9.10. The van der Waals surface area contributed by atoms with Gasteiger partial charge in [0.2, 0.25) is 0 Å². The molecule has 0 saturated carbocycles. The Kier molecular flexibility index (Phi) is 4.56. The first-order valence-corrected chi connectivity index (χ1v) is 7.67. The molecule has 0 saturated heterocycles. The second-order valence-electron chi connectivity index (χ2n) is 4.84. The number of imidazole rings is 1. The second kappa shape index (κ2) is 6.77. The predicted molar refractivity (Wildman–Crippen MR) is 88.6 cm³/mol. The third-order valence-corrected chi connectivity index (χ3v) is 3.80. The average Bonchev–Trinajstić information content (AvgIpc) is 3.07. The molecule has 0 fully saturated rings. The van der Waals surface area contributed by atoms with Gasteiger partial charge in [0.25, 0.3) is 0 Å². The molecule has 1 unspecified atom stereocenters. The highest BCUT2D eigenvalue weighted by Gasteiger charge is 2.12. The topological polar surface area (TPSA) is 58.1 Å². The van der Waals surface area contributed by atoms with E-state index in [2.05, 4.69) is 25.9 Å². The Morgan fingerprint density at radius 2 is 2.05 bits per heavy atom. The standard InChI is InChI=1S/C17H15BrN2O2/c18-13-5-3-4-12(8-13)16(21)10-22-17-7-2-1-6-14(17)15-9-19-11-20-15/h1-9,11,16,21H,10H2,(H,19,20). The Labute approximate surface area is 136 Å². The number of para-hydroxylation sites is 1. The number of hydrogen-bond acceptors (Lipinski definition) is 3. The number of nitrogens with one attached hydrogen (secondary N) is 1. The highest BCUT2D eigenvalue weighted by atomic mass is 79.9. The van der Waals surface area contributed by atoms with Gasteiger partial charge in [0.1, 0.15) is 18.5 Å². The summed E-state index contributed by atoms with van der Waals surface area (Å²) < 4.78 is 6.74. The van der Waals surface area contributed by atoms with Gasteiger partial charge < -0.3 is 14.8 Å². The van der Waals surface area contributed by atoms with Crippen LogP contribution in [0.4, 0.5) is 0 Å². The molecule has 0 amide bonds. The maximum atomic E-state index is 10.3. The fourth-order valence-electron chi connectivity index (χ4n) is 2.20. The van der Waals surface area contributed by atoms with Crippen LogP contribution in [0.25, 0.3) is 11.3 Å². The zero-order valence-corrected chi connectivity index (χ0v) is 13.3. The molecule has 1 atom stereocenters. The first kappa shape index (κ1) is 14.8. The second-order valence-corrected chi connectivity index (χ2v) is 5.76. The van der Waals surface area contributed by atoms with Crippen molar-refractivity contribution in [1.29, 1.82) is 0 Å². The highest BCUT2D eigenvalue weighted by Crippen LogP contribution is 2.29. The molecule has 0 aliphatic rings. The molecule has 2 aromatic carbocycles. The van der Waals surface area contributed by atoms with Crippen LogP contribution in [0.3, 0.4) is 0 Å². The van der Waals surface area contributed by atoms with Crippen LogP contribution in [-0.4, -0.2) is 21.7 Å². The van der Waals surface area contributed by atoms with E-state index in [-0.39, 0.29) is 6.61 Å². The van der Waals surface area contributed by atoms with E-state index >= 15 is 0 Å². The Hall–Kier alpha value is -2.11. The molecule has 0 radical (unpaired) electrons. The third kappa shape index (κ3) is 3.37. The summed E-state index contributed by atoms with van der Waals surface area (Å²) in [6.45, 7) is 0.182. The van der Waals surface area contributed by atoms with Gasteiger partial charge in [-0.15, -0.1) is 0 Å². The number of nitrogens with zero attached hydrogens (tertiary/aromatic N) is 1. The largest absolute Gasteiger partial charge is 0.490 e. The van der Waals surface area contributed by atoms with Crippen LogP contribution >= 0.6 is 15.9 Å². The number of ether oxygens (including phenoxy) is 1. The van der Waals surface area contributed by atoms with E-state index in [0.717, 1.165) is 21.3 Å². The average molecular weight is 359 g/mol. The van der Waals surface area contributed by atoms with Crippen molar-refractivity contribution in [3.63, 3.8) is 0 Å². The predicted octanol–water partition coefficient (Wildman–Crippen LogP) is 3.95. The molecule has 1 aromatic heterocycles. The molecule has 5 heteroatoms. The lowest BCUT2D eigenvalue weighted by Gasteiger charge is -2.15. The first-order valence-electron chi connectivity index (χ1n) is 6.88. The number of aliphatic hydroxyl groups excluding tert-OH is 1. The molecule has 22 heavy (non-hydrogen) atoms. The molecule has 3 aromatic rings. The van der Waals surface area contributed by atoms with E-state index < -0.39 is 6.10 Å². The maximum absolute atomic E-state index is 10.3. The number of benzene rings is 2. The summed E-state index contributed by atoms with van der Waals surface area (Å²) in [6, 6.07) is 15.2. The summed E-state index contributed by atoms with van der Waals surface area (Å²) in [7, 11) is 0. The molecule has 4 nitrogen and oxygen atoms in total. The minimum Gasteiger partial charge on any atom is -0.490 e. The number of halogens is 1. The Bertz CT molecular complexity index is 744. The molecule has 0 bridgehead atoms. The van der Waals surface area contributed by atoms with Gasteiger partial charge in [-0.05, 0) is 29.8 Å². The fraction of sp³-hybridized carbons (Fsp3) is 0.118. The van der Waals surface area contributed by atoms with Gasteiger partial charge in [-0.1, -0.05) is 40.2 Å². The summed E-state index contributed by atoms with van der Waals surface area (Å²) in [5.41, 5.74) is 2.61. The van der Waals surface area contributed by atoms with Crippen LogP contribution in [0.1, 0.15) is 11.7 Å². The summed E-state index contributed by atoms with van der Waals surface area (Å²) >= 11 is 3.40. The molecule has 3 rings (SSSR count). The van der Waals surface area contributed by atoms with E-state index in [1.165, 1.54) is 0 Å². The number of rotatable bonds is 5. The van der Waals surface area contributed by atoms with Gasteiger partial charge >= 0.3 is 0 Å². The summed E-state index contributed by atoms with van der Waals surface area (Å²) in [6.07, 6.45) is 2.68. The fourth-order valence-corrected chi connectivity index (χ4v) is 2.61. The number of H-pyrrole nitrogens is 1. The maximum Gasteiger partial charge on any atom is 0.128 e. The molecule has 1 heterocycles. The lowest BCUT2D eigenvalue weighted by Crippen LogP contribution is -2.10. The van der Waals surface area contributed by atoms with Crippen LogP contribution in [0, 0.1) is 0 Å². The van der Waals surface area contributed by atoms with Crippen molar-refractivity contribution >= 4 is 15.9 Å². The summed E-state index contributed by atoms with van der Waals surface area (Å²) in [5, 5.41) is 10.3. The first-order chi connectivity index (χ1) is 10.7. The number of hydrogen-bond donors (Lipinski definition) is 2. The van der Waals surface area contributed by atoms with Crippen LogP contribution in [0.2, 0.25) is 0 Å². The quantitative estimate of drug-likeness (QED) is 0.725. The zero-order chi connectivity index (χ0) is 15.4. The van der Waals surface area contributed by atoms with Gasteiger partial charge in [-0.3, -0.25) is 0 Å². The number of aromatic nitrogens is 2. The van der Waals surface area contributed by atoms with Gasteiger partial charge in [-0.25, -0.2) is 4.98 Å². The van der Waals surface area contributed by atoms with E-state index in [4.69, 9.17) is 4.74 Å². The van der Waals surface area contributed by atoms with Crippen molar-refractivity contribution < 1.29 is 9.84 Å². The van der Waals surface area contributed by atoms with Crippen molar-refractivity contribution in [2.45, 2.75) is 6.10 Å². The van der Waals surface area contributed by atoms with E-state index in [9.17, 15) is 5.11 Å². The summed E-state index contributed by atoms with van der Waals surface area (Å²) in [5.74, 6) is 0.709.